The number of halogens is 2. The van der Waals surface area contributed by atoms with Crippen LogP contribution in [0.4, 0.5) is 13.6 Å². The molecule has 2 atom stereocenters. The van der Waals surface area contributed by atoms with E-state index < -0.39 is 39.7 Å². The van der Waals surface area contributed by atoms with Crippen LogP contribution in [0.1, 0.15) is 35.2 Å². The molecule has 3 N–H and O–H groups in total. The molecule has 2 aromatic carbocycles. The average molecular weight is 483 g/mol. The van der Waals surface area contributed by atoms with Crippen LogP contribution in [0.2, 0.25) is 0 Å². The van der Waals surface area contributed by atoms with Gasteiger partial charge in [-0.05, 0) is 47.2 Å². The first kappa shape index (κ1) is 25.1. The summed E-state index contributed by atoms with van der Waals surface area (Å²) in [7, 11) is -3.31. The highest BCUT2D eigenvalue weighted by molar-refractivity contribution is 7.90. The van der Waals surface area contributed by atoms with E-state index in [4.69, 9.17) is 0 Å². The molecule has 0 fully saturated rings. The lowest BCUT2D eigenvalue weighted by molar-refractivity contribution is 0.0952. The number of hydrogen-bond acceptors (Lipinski definition) is 5. The Bertz CT molecular complexity index is 1090. The minimum absolute atomic E-state index is 0.0195. The Balaban J connectivity index is 1.62. The van der Waals surface area contributed by atoms with E-state index in [1.54, 1.807) is 0 Å². The Morgan fingerprint density at radius 2 is 1.88 bits per heavy atom. The molecule has 0 spiro atoms. The second-order valence-corrected chi connectivity index (χ2v) is 10.4. The maximum Gasteiger partial charge on any atom is 0.407 e. The number of aliphatic hydroxyl groups excluding tert-OH is 1. The molecule has 3 rings (SSSR count). The molecule has 180 valence electrons. The summed E-state index contributed by atoms with van der Waals surface area (Å²) in [6.07, 6.45) is -1.50. The van der Waals surface area contributed by atoms with Crippen molar-refractivity contribution < 1.29 is 32.2 Å². The Labute approximate surface area is 192 Å². The standard InChI is InChI=1S/C23H28F2N2O5S/c1-2-15-3-4-17-13-33(31,32)14-22(21(17)9-15)26-11-20(28)12-27(23(29)30)6-5-16-7-18(24)10-19(25)8-16/h3-4,7-10,20,22,26,28H,2,5-6,11-14H2,1H3,(H,29,30)/t20?,22-/m0/s1. The zero-order valence-electron chi connectivity index (χ0n) is 18.3. The molecular formula is C23H28F2N2O5S. The molecule has 1 unspecified atom stereocenters. The molecule has 1 heterocycles. The molecule has 2 aromatic rings. The van der Waals surface area contributed by atoms with Crippen LogP contribution in [0.15, 0.2) is 36.4 Å². The maximum atomic E-state index is 13.3. The summed E-state index contributed by atoms with van der Waals surface area (Å²) in [5, 5.41) is 22.9. The maximum absolute atomic E-state index is 13.3. The van der Waals surface area contributed by atoms with E-state index in [9.17, 15) is 32.2 Å². The smallest absolute Gasteiger partial charge is 0.407 e. The van der Waals surface area contributed by atoms with Crippen molar-refractivity contribution in [2.24, 2.45) is 0 Å². The zero-order chi connectivity index (χ0) is 24.2. The van der Waals surface area contributed by atoms with E-state index in [0.717, 1.165) is 46.2 Å². The first-order valence-electron chi connectivity index (χ1n) is 10.7. The first-order chi connectivity index (χ1) is 15.6. The van der Waals surface area contributed by atoms with Gasteiger partial charge in [0.25, 0.3) is 0 Å². The largest absolute Gasteiger partial charge is 0.465 e. The number of rotatable bonds is 9. The van der Waals surface area contributed by atoms with Crippen molar-refractivity contribution in [3.63, 3.8) is 0 Å². The fourth-order valence-corrected chi connectivity index (χ4v) is 5.67. The highest BCUT2D eigenvalue weighted by Crippen LogP contribution is 2.29. The predicted molar refractivity (Wildman–Crippen MR) is 120 cm³/mol. The van der Waals surface area contributed by atoms with E-state index in [2.05, 4.69) is 5.32 Å². The molecule has 10 heteroatoms. The summed E-state index contributed by atoms with van der Waals surface area (Å²) in [6, 6.07) is 8.18. The van der Waals surface area contributed by atoms with Gasteiger partial charge in [-0.15, -0.1) is 0 Å². The number of fused-ring (bicyclic) bond motifs is 1. The van der Waals surface area contributed by atoms with Crippen LogP contribution >= 0.6 is 0 Å². The normalized spacial score (nSPS) is 17.9. The second kappa shape index (κ2) is 10.6. The summed E-state index contributed by atoms with van der Waals surface area (Å²) >= 11 is 0. The molecule has 0 saturated carbocycles. The van der Waals surface area contributed by atoms with E-state index >= 15 is 0 Å². The van der Waals surface area contributed by atoms with Gasteiger partial charge in [0.2, 0.25) is 0 Å². The Morgan fingerprint density at radius 3 is 2.52 bits per heavy atom. The molecule has 1 aliphatic heterocycles. The van der Waals surface area contributed by atoms with Gasteiger partial charge >= 0.3 is 6.09 Å². The molecule has 7 nitrogen and oxygen atoms in total. The number of amides is 1. The van der Waals surface area contributed by atoms with Crippen molar-refractivity contribution in [1.82, 2.24) is 10.2 Å². The van der Waals surface area contributed by atoms with Gasteiger partial charge in [-0.25, -0.2) is 22.0 Å². The van der Waals surface area contributed by atoms with Crippen molar-refractivity contribution in [2.75, 3.05) is 25.4 Å². The van der Waals surface area contributed by atoms with E-state index in [1.807, 2.05) is 25.1 Å². The van der Waals surface area contributed by atoms with Crippen molar-refractivity contribution in [3.8, 4) is 0 Å². The minimum Gasteiger partial charge on any atom is -0.465 e. The fourth-order valence-electron chi connectivity index (χ4n) is 4.01. The molecule has 0 radical (unpaired) electrons. The number of carboxylic acid groups (broad SMARTS) is 1. The van der Waals surface area contributed by atoms with Gasteiger partial charge in [-0.2, -0.15) is 0 Å². The third-order valence-corrected chi connectivity index (χ3v) is 7.28. The van der Waals surface area contributed by atoms with Crippen molar-refractivity contribution in [3.05, 3.63) is 70.3 Å². The molecule has 1 amide bonds. The summed E-state index contributed by atoms with van der Waals surface area (Å²) in [4.78, 5) is 12.6. The van der Waals surface area contributed by atoms with Crippen molar-refractivity contribution in [1.29, 1.82) is 0 Å². The van der Waals surface area contributed by atoms with Gasteiger partial charge in [-0.1, -0.05) is 25.1 Å². The van der Waals surface area contributed by atoms with Crippen LogP contribution in [0, 0.1) is 11.6 Å². The van der Waals surface area contributed by atoms with Crippen LogP contribution in [0.3, 0.4) is 0 Å². The van der Waals surface area contributed by atoms with Gasteiger partial charge < -0.3 is 20.4 Å². The Morgan fingerprint density at radius 1 is 1.18 bits per heavy atom. The first-order valence-corrected chi connectivity index (χ1v) is 12.5. The number of benzene rings is 2. The van der Waals surface area contributed by atoms with Crippen LogP contribution in [-0.4, -0.2) is 61.1 Å². The third-order valence-electron chi connectivity index (χ3n) is 5.68. The quantitative estimate of drug-likeness (QED) is 0.507. The SMILES string of the molecule is CCc1ccc2c(c1)[C@@H](NCC(O)CN(CCc1cc(F)cc(F)c1)C(=O)O)CS(=O)(=O)C2. The van der Waals surface area contributed by atoms with Crippen LogP contribution in [0.5, 0.6) is 0 Å². The number of hydrogen-bond donors (Lipinski definition) is 3. The lowest BCUT2D eigenvalue weighted by Crippen LogP contribution is -2.44. The van der Waals surface area contributed by atoms with Crippen LogP contribution in [0.25, 0.3) is 0 Å². The lowest BCUT2D eigenvalue weighted by Gasteiger charge is -2.29. The molecule has 0 aromatic heterocycles. The van der Waals surface area contributed by atoms with Gasteiger partial charge in [0.05, 0.1) is 24.2 Å². The number of aryl methyl sites for hydroxylation is 1. The number of aliphatic hydroxyl groups is 1. The highest BCUT2D eigenvalue weighted by Gasteiger charge is 2.30. The summed E-state index contributed by atoms with van der Waals surface area (Å²) < 4.78 is 51.3. The molecule has 1 aliphatic rings. The van der Waals surface area contributed by atoms with E-state index in [0.29, 0.717) is 5.56 Å². The van der Waals surface area contributed by atoms with Crippen molar-refractivity contribution in [2.45, 2.75) is 37.7 Å². The monoisotopic (exact) mass is 482 g/mol. The fraction of sp³-hybridized carbons (Fsp3) is 0.435. The van der Waals surface area contributed by atoms with E-state index in [1.165, 1.54) is 0 Å². The number of nitrogens with one attached hydrogen (secondary N) is 1. The molecular weight excluding hydrogens is 454 g/mol. The second-order valence-electron chi connectivity index (χ2n) is 8.31. The predicted octanol–water partition coefficient (Wildman–Crippen LogP) is 2.67. The topological polar surface area (TPSA) is 107 Å². The zero-order valence-corrected chi connectivity index (χ0v) is 19.1. The summed E-state index contributed by atoms with van der Waals surface area (Å²) in [5.41, 5.74) is 2.98. The Hall–Kier alpha value is -2.56. The number of nitrogens with zero attached hydrogens (tertiary/aromatic N) is 1. The molecule has 0 bridgehead atoms. The van der Waals surface area contributed by atoms with Gasteiger partial charge in [0.1, 0.15) is 11.6 Å². The van der Waals surface area contributed by atoms with Crippen LogP contribution in [-0.2, 0) is 28.4 Å². The highest BCUT2D eigenvalue weighted by atomic mass is 32.2. The third kappa shape index (κ3) is 6.96. The minimum atomic E-state index is -3.31. The Kier molecular flexibility index (Phi) is 8.04. The number of sulfone groups is 1. The molecule has 0 aliphatic carbocycles. The van der Waals surface area contributed by atoms with E-state index in [-0.39, 0.29) is 37.6 Å². The lowest BCUT2D eigenvalue weighted by atomic mass is 9.98. The summed E-state index contributed by atoms with van der Waals surface area (Å²) in [5.74, 6) is -1.62. The molecule has 0 saturated heterocycles. The average Bonchev–Trinajstić information content (AvgIpc) is 2.73. The van der Waals surface area contributed by atoms with Gasteiger partial charge in [-0.3, -0.25) is 0 Å². The van der Waals surface area contributed by atoms with Gasteiger partial charge in [0, 0.05) is 25.2 Å². The molecule has 33 heavy (non-hydrogen) atoms. The van der Waals surface area contributed by atoms with Crippen molar-refractivity contribution >= 4 is 15.9 Å². The van der Waals surface area contributed by atoms with Gasteiger partial charge in [0.15, 0.2) is 9.84 Å². The number of carbonyl (C=O) groups is 1. The summed E-state index contributed by atoms with van der Waals surface area (Å²) in [6.45, 7) is 1.69. The van der Waals surface area contributed by atoms with Crippen LogP contribution < -0.4 is 5.32 Å².